The standard InChI is InChI=1S/C13H23N3O3/c14-11(9-12(17)18)13(19)16-7-5-15(6-8-16)10-3-1-2-4-10/h10-11H,1-9,14H2,(H,17,18). The van der Waals surface area contributed by atoms with Crippen LogP contribution in [-0.2, 0) is 9.59 Å². The minimum Gasteiger partial charge on any atom is -0.481 e. The van der Waals surface area contributed by atoms with Gasteiger partial charge in [-0.1, -0.05) is 12.8 Å². The van der Waals surface area contributed by atoms with Gasteiger partial charge in [-0.15, -0.1) is 0 Å². The van der Waals surface area contributed by atoms with Crippen molar-refractivity contribution in [2.24, 2.45) is 5.73 Å². The largest absolute Gasteiger partial charge is 0.481 e. The summed E-state index contributed by atoms with van der Waals surface area (Å²) in [5.74, 6) is -1.25. The predicted octanol–water partition coefficient (Wildman–Crippen LogP) is -0.125. The molecule has 2 fully saturated rings. The average Bonchev–Trinajstić information content (AvgIpc) is 2.91. The van der Waals surface area contributed by atoms with E-state index in [0.29, 0.717) is 19.1 Å². The molecule has 2 aliphatic rings. The molecule has 1 unspecified atom stereocenters. The first-order valence-corrected chi connectivity index (χ1v) is 7.08. The Morgan fingerprint density at radius 2 is 1.74 bits per heavy atom. The normalized spacial score (nSPS) is 23.5. The van der Waals surface area contributed by atoms with E-state index in [1.54, 1.807) is 4.90 Å². The zero-order valence-electron chi connectivity index (χ0n) is 11.3. The van der Waals surface area contributed by atoms with Crippen molar-refractivity contribution in [3.05, 3.63) is 0 Å². The van der Waals surface area contributed by atoms with Gasteiger partial charge in [-0.2, -0.15) is 0 Å². The van der Waals surface area contributed by atoms with Crippen LogP contribution in [0.4, 0.5) is 0 Å². The Kier molecular flexibility index (Phi) is 4.76. The number of amides is 1. The lowest BCUT2D eigenvalue weighted by molar-refractivity contribution is -0.142. The van der Waals surface area contributed by atoms with Gasteiger partial charge in [0, 0.05) is 32.2 Å². The number of hydrogen-bond acceptors (Lipinski definition) is 4. The van der Waals surface area contributed by atoms with Crippen molar-refractivity contribution in [2.45, 2.75) is 44.2 Å². The van der Waals surface area contributed by atoms with Crippen molar-refractivity contribution < 1.29 is 14.7 Å². The summed E-state index contributed by atoms with van der Waals surface area (Å²) >= 11 is 0. The summed E-state index contributed by atoms with van der Waals surface area (Å²) < 4.78 is 0. The van der Waals surface area contributed by atoms with Crippen molar-refractivity contribution in [1.29, 1.82) is 0 Å². The fourth-order valence-electron chi connectivity index (χ4n) is 3.09. The van der Waals surface area contributed by atoms with Crippen LogP contribution in [0.25, 0.3) is 0 Å². The maximum absolute atomic E-state index is 12.0. The number of piperazine rings is 1. The number of carbonyl (C=O) groups excluding carboxylic acids is 1. The zero-order chi connectivity index (χ0) is 13.8. The highest BCUT2D eigenvalue weighted by Crippen LogP contribution is 2.24. The first-order valence-electron chi connectivity index (χ1n) is 7.08. The molecule has 19 heavy (non-hydrogen) atoms. The van der Waals surface area contributed by atoms with E-state index >= 15 is 0 Å². The van der Waals surface area contributed by atoms with Crippen molar-refractivity contribution in [2.75, 3.05) is 26.2 Å². The summed E-state index contributed by atoms with van der Waals surface area (Å²) in [5, 5.41) is 8.66. The Balaban J connectivity index is 1.78. The molecule has 0 bridgehead atoms. The number of nitrogens with zero attached hydrogens (tertiary/aromatic N) is 2. The Labute approximate surface area is 113 Å². The van der Waals surface area contributed by atoms with Crippen molar-refractivity contribution in [3.63, 3.8) is 0 Å². The second-order valence-electron chi connectivity index (χ2n) is 5.50. The van der Waals surface area contributed by atoms with Crippen molar-refractivity contribution in [1.82, 2.24) is 9.80 Å². The van der Waals surface area contributed by atoms with Crippen LogP contribution < -0.4 is 5.73 Å². The minimum absolute atomic E-state index is 0.228. The number of carboxylic acid groups (broad SMARTS) is 1. The number of aliphatic carboxylic acids is 1. The Morgan fingerprint density at radius 3 is 2.26 bits per heavy atom. The van der Waals surface area contributed by atoms with Gasteiger partial charge in [-0.05, 0) is 12.8 Å². The molecule has 1 saturated heterocycles. The highest BCUT2D eigenvalue weighted by Gasteiger charge is 2.30. The molecular weight excluding hydrogens is 246 g/mol. The molecule has 0 aromatic carbocycles. The van der Waals surface area contributed by atoms with E-state index < -0.39 is 12.0 Å². The van der Waals surface area contributed by atoms with Gasteiger partial charge in [-0.25, -0.2) is 0 Å². The Morgan fingerprint density at radius 1 is 1.16 bits per heavy atom. The third-order valence-electron chi connectivity index (χ3n) is 4.18. The maximum Gasteiger partial charge on any atom is 0.305 e. The highest BCUT2D eigenvalue weighted by molar-refractivity contribution is 5.86. The third kappa shape index (κ3) is 3.67. The lowest BCUT2D eigenvalue weighted by Crippen LogP contribution is -2.55. The van der Waals surface area contributed by atoms with E-state index in [2.05, 4.69) is 4.90 Å². The van der Waals surface area contributed by atoms with Crippen LogP contribution in [0.3, 0.4) is 0 Å². The summed E-state index contributed by atoms with van der Waals surface area (Å²) in [6, 6.07) is -0.222. The molecule has 3 N–H and O–H groups in total. The van der Waals surface area contributed by atoms with Crippen LogP contribution in [0.2, 0.25) is 0 Å². The van der Waals surface area contributed by atoms with Gasteiger partial charge in [-0.3, -0.25) is 14.5 Å². The molecule has 108 valence electrons. The molecule has 0 aromatic heterocycles. The quantitative estimate of drug-likeness (QED) is 0.742. The van der Waals surface area contributed by atoms with E-state index in [4.69, 9.17) is 10.8 Å². The molecular formula is C13H23N3O3. The van der Waals surface area contributed by atoms with Gasteiger partial charge in [0.25, 0.3) is 0 Å². The molecule has 1 aliphatic heterocycles. The van der Waals surface area contributed by atoms with Gasteiger partial charge >= 0.3 is 5.97 Å². The molecule has 6 heteroatoms. The van der Waals surface area contributed by atoms with Gasteiger partial charge in [0.15, 0.2) is 0 Å². The van der Waals surface area contributed by atoms with Crippen LogP contribution in [0.5, 0.6) is 0 Å². The summed E-state index contributed by atoms with van der Waals surface area (Å²) in [7, 11) is 0. The number of nitrogens with two attached hydrogens (primary N) is 1. The molecule has 0 radical (unpaired) electrons. The maximum atomic E-state index is 12.0. The summed E-state index contributed by atoms with van der Waals surface area (Å²) in [6.07, 6.45) is 4.88. The highest BCUT2D eigenvalue weighted by atomic mass is 16.4. The fraction of sp³-hybridized carbons (Fsp3) is 0.846. The molecule has 6 nitrogen and oxygen atoms in total. The molecule has 1 atom stereocenters. The SMILES string of the molecule is NC(CC(=O)O)C(=O)N1CCN(C2CCCC2)CC1. The molecule has 1 saturated carbocycles. The first-order chi connectivity index (χ1) is 9.08. The predicted molar refractivity (Wildman–Crippen MR) is 70.6 cm³/mol. The van der Waals surface area contributed by atoms with E-state index in [0.717, 1.165) is 13.1 Å². The van der Waals surface area contributed by atoms with Gasteiger partial charge in [0.1, 0.15) is 0 Å². The van der Waals surface area contributed by atoms with Crippen molar-refractivity contribution in [3.8, 4) is 0 Å². The molecule has 1 heterocycles. The lowest BCUT2D eigenvalue weighted by atomic mass is 10.1. The van der Waals surface area contributed by atoms with Gasteiger partial charge < -0.3 is 15.7 Å². The second kappa shape index (κ2) is 6.34. The van der Waals surface area contributed by atoms with Gasteiger partial charge in [0.05, 0.1) is 12.5 Å². The van der Waals surface area contributed by atoms with E-state index in [9.17, 15) is 9.59 Å². The van der Waals surface area contributed by atoms with E-state index in [-0.39, 0.29) is 12.3 Å². The first kappa shape index (κ1) is 14.3. The monoisotopic (exact) mass is 269 g/mol. The van der Waals surface area contributed by atoms with Crippen LogP contribution in [0.15, 0.2) is 0 Å². The van der Waals surface area contributed by atoms with Crippen LogP contribution in [0.1, 0.15) is 32.1 Å². The molecule has 0 aromatic rings. The zero-order valence-corrected chi connectivity index (χ0v) is 11.3. The van der Waals surface area contributed by atoms with Gasteiger partial charge in [0.2, 0.25) is 5.91 Å². The van der Waals surface area contributed by atoms with Crippen LogP contribution >= 0.6 is 0 Å². The second-order valence-corrected chi connectivity index (χ2v) is 5.50. The Hall–Kier alpha value is -1.14. The van der Waals surface area contributed by atoms with E-state index in [1.807, 2.05) is 0 Å². The topological polar surface area (TPSA) is 86.9 Å². The van der Waals surface area contributed by atoms with Crippen molar-refractivity contribution >= 4 is 11.9 Å². The number of hydrogen-bond donors (Lipinski definition) is 2. The summed E-state index contributed by atoms with van der Waals surface area (Å²) in [5.41, 5.74) is 5.62. The summed E-state index contributed by atoms with van der Waals surface area (Å²) in [6.45, 7) is 3.11. The smallest absolute Gasteiger partial charge is 0.305 e. The Bertz CT molecular complexity index is 334. The molecule has 2 rings (SSSR count). The van der Waals surface area contributed by atoms with Crippen LogP contribution in [0, 0.1) is 0 Å². The molecule has 1 amide bonds. The van der Waals surface area contributed by atoms with Crippen LogP contribution in [-0.4, -0.2) is 65.0 Å². The number of carbonyl (C=O) groups is 2. The van der Waals surface area contributed by atoms with E-state index in [1.165, 1.54) is 25.7 Å². The minimum atomic E-state index is -1.02. The average molecular weight is 269 g/mol. The molecule has 0 spiro atoms. The fourth-order valence-corrected chi connectivity index (χ4v) is 3.09. The number of rotatable bonds is 4. The molecule has 1 aliphatic carbocycles. The lowest BCUT2D eigenvalue weighted by Gasteiger charge is -2.38. The summed E-state index contributed by atoms with van der Waals surface area (Å²) in [4.78, 5) is 26.7. The third-order valence-corrected chi connectivity index (χ3v) is 4.18. The number of carboxylic acids is 1.